The van der Waals surface area contributed by atoms with Crippen molar-refractivity contribution in [3.8, 4) is 46.0 Å². The van der Waals surface area contributed by atoms with Crippen LogP contribution in [0.15, 0.2) is 180 Å². The number of Topliss-reactive ketones (excluding diaryl/α,β-unsaturated/α-hetero) is 1. The van der Waals surface area contributed by atoms with Gasteiger partial charge in [0.05, 0.1) is 46.2 Å². The molecule has 1 unspecified atom stereocenters. The molecular weight excluding hydrogens is 1210 g/mol. The van der Waals surface area contributed by atoms with Gasteiger partial charge in [0.2, 0.25) is 19.4 Å². The van der Waals surface area contributed by atoms with Gasteiger partial charge in [-0.15, -0.1) is 4.91 Å². The Morgan fingerprint density at radius 1 is 0.521 bits per heavy atom. The van der Waals surface area contributed by atoms with Crippen molar-refractivity contribution >= 4 is 127 Å². The van der Waals surface area contributed by atoms with E-state index in [-0.39, 0.29) is 43.0 Å². The monoisotopic (exact) mass is 1270 g/mol. The minimum atomic E-state index is -0.271. The fraction of sp³-hybridized carbons (Fsp3) is 0.130. The number of hydrogen-bond donors (Lipinski definition) is 9. The van der Waals surface area contributed by atoms with Crippen LogP contribution in [0.3, 0.4) is 0 Å². The predicted molar refractivity (Wildman–Crippen MR) is 374 cm³/mol. The molecule has 1 atom stereocenters. The van der Waals surface area contributed by atoms with E-state index >= 15 is 0 Å². The van der Waals surface area contributed by atoms with Crippen LogP contribution in [0.4, 0.5) is 11.4 Å². The molecule has 1 saturated carbocycles. The maximum absolute atomic E-state index is 12.8. The van der Waals surface area contributed by atoms with E-state index in [0.29, 0.717) is 51.0 Å². The topological polar surface area (TPSA) is 273 Å². The number of esters is 1. The first kappa shape index (κ1) is 57.4. The van der Waals surface area contributed by atoms with Gasteiger partial charge in [-0.2, -0.15) is 0 Å². The second-order valence-electron chi connectivity index (χ2n) is 24.8. The zero-order valence-corrected chi connectivity index (χ0v) is 52.2. The van der Waals surface area contributed by atoms with Gasteiger partial charge in [0.1, 0.15) is 11.4 Å². The van der Waals surface area contributed by atoms with Gasteiger partial charge in [0.25, 0.3) is 0 Å². The van der Waals surface area contributed by atoms with Crippen LogP contribution < -0.4 is 18.9 Å². The van der Waals surface area contributed by atoms with Crippen molar-refractivity contribution < 1.29 is 43.5 Å². The largest absolute Gasteiger partial charge is 0.494 e. The van der Waals surface area contributed by atoms with Crippen molar-refractivity contribution in [2.45, 2.75) is 39.5 Å². The summed E-state index contributed by atoms with van der Waals surface area (Å²) in [6, 6.07) is 53.3. The standard InChI is InChI=1S/C23H22N2O2.C20H12N2O4.C17H13N3O2.C17H12N2O2/c1-13-7-10-19-16(11-13)21(23(26)27-2)22(25-19)20(14-8-9-14)17-12-24-18-6-4-3-5-15(17)18;1-9-11-3-17-19(25-7-23-17)5-15(11)22-14(9)2-10-12-4-18-20(26-8-24-18)6-16(12)21-13(1)10;1-9-6-7-10-13(8-9)19-17(21)14(10)16-15(20-22)11-4-2-3-5-12(11)18-16;1-9-6-7-10-13(8-9)19-17(21)14(10)15-16(20)11-4-2-3-5-12(11)18-15/h3-7,10-12,14,20,24-25H,8-9H2,1-2H3;1-6,21-22H,7-8H2;2-8,18-19,21H,1H3;2-8,19,21H,1H3. The summed E-state index contributed by atoms with van der Waals surface area (Å²) in [4.78, 5) is 64.0. The number of nitrogens with one attached hydrogen (secondary N) is 7. The minimum absolute atomic E-state index is 0.0180. The molecule has 1 fully saturated rings. The van der Waals surface area contributed by atoms with Crippen molar-refractivity contribution in [2.24, 2.45) is 16.1 Å². The second-order valence-corrected chi connectivity index (χ2v) is 24.8. The van der Waals surface area contributed by atoms with Gasteiger partial charge in [0, 0.05) is 123 Å². The van der Waals surface area contributed by atoms with Gasteiger partial charge in [-0.25, -0.2) is 9.79 Å². The first-order chi connectivity index (χ1) is 46.8. The molecule has 4 aliphatic rings. The Balaban J connectivity index is 0.0000000973. The molecule has 0 amide bonds. The number of carbonyl (C=O) groups is 2. The van der Waals surface area contributed by atoms with E-state index in [0.717, 1.165) is 138 Å². The van der Waals surface area contributed by atoms with Crippen molar-refractivity contribution in [3.63, 3.8) is 0 Å². The summed E-state index contributed by atoms with van der Waals surface area (Å²) in [6.45, 7) is 6.57. The number of carbonyl (C=O) groups excluding carboxylic acids is 2. The van der Waals surface area contributed by atoms with Crippen molar-refractivity contribution in [1.82, 2.24) is 34.9 Å². The predicted octanol–water partition coefficient (Wildman–Crippen LogP) is 17.9. The summed E-state index contributed by atoms with van der Waals surface area (Å²) in [5, 5.41) is 32.8. The summed E-state index contributed by atoms with van der Waals surface area (Å²) in [7, 11) is 1.46. The molecule has 7 aromatic heterocycles. The van der Waals surface area contributed by atoms with Gasteiger partial charge in [-0.3, -0.25) is 4.79 Å². The van der Waals surface area contributed by atoms with Crippen LogP contribution in [0.5, 0.6) is 34.8 Å². The lowest BCUT2D eigenvalue weighted by Crippen LogP contribution is -2.11. The van der Waals surface area contributed by atoms with Crippen LogP contribution in [0.25, 0.3) is 109 Å². The smallest absolute Gasteiger partial charge is 0.340 e. The van der Waals surface area contributed by atoms with E-state index in [9.17, 15) is 24.7 Å². The summed E-state index contributed by atoms with van der Waals surface area (Å²) in [5.41, 5.74) is 18.4. The molecule has 16 aromatic rings. The van der Waals surface area contributed by atoms with Crippen molar-refractivity contribution in [1.29, 1.82) is 0 Å². The van der Waals surface area contributed by atoms with Crippen molar-refractivity contribution in [2.75, 3.05) is 20.7 Å². The molecule has 19 nitrogen and oxygen atoms in total. The first-order valence-electron chi connectivity index (χ1n) is 31.5. The molecule has 0 spiro atoms. The molecule has 3 aliphatic heterocycles. The molecular formula is C77H59N9O10. The number of benzene rings is 9. The quantitative estimate of drug-likeness (QED) is 0.0538. The third-order valence-electron chi connectivity index (χ3n) is 18.8. The number of ketones is 1. The third-order valence-corrected chi connectivity index (χ3v) is 18.8. The van der Waals surface area contributed by atoms with Crippen LogP contribution in [0.1, 0.15) is 73.0 Å². The highest BCUT2D eigenvalue weighted by atomic mass is 16.7. The van der Waals surface area contributed by atoms with Crippen LogP contribution in [0, 0.1) is 31.6 Å². The van der Waals surface area contributed by atoms with E-state index in [4.69, 9.17) is 23.7 Å². The van der Waals surface area contributed by atoms with Gasteiger partial charge in [-0.1, -0.05) is 84.4 Å². The molecule has 96 heavy (non-hydrogen) atoms. The highest BCUT2D eigenvalue weighted by molar-refractivity contribution is 6.56. The van der Waals surface area contributed by atoms with Gasteiger partial charge in [-0.05, 0) is 134 Å². The number of aromatic amines is 7. The zero-order valence-electron chi connectivity index (χ0n) is 52.2. The Bertz CT molecular complexity index is 5860. The summed E-state index contributed by atoms with van der Waals surface area (Å²) < 4.78 is 27.2. The Labute approximate surface area is 544 Å². The fourth-order valence-electron chi connectivity index (χ4n) is 14.1. The van der Waals surface area contributed by atoms with E-state index in [2.05, 4.69) is 99.8 Å². The number of aryl methyl sites for hydroxylation is 3. The van der Waals surface area contributed by atoms with Gasteiger partial charge in [0.15, 0.2) is 34.8 Å². The molecule has 9 aromatic carbocycles. The first-order valence-corrected chi connectivity index (χ1v) is 31.5. The number of ether oxygens (including phenoxy) is 5. The molecule has 0 bridgehead atoms. The maximum atomic E-state index is 12.8. The molecule has 10 heterocycles. The SMILES string of the molecule is COC(=O)c1c(C(c2c[nH]c3ccccc23)C2CC2)[nH]c2ccc(C)cc12.Cc1ccc2c(-c3[nH]c4ccccc4c3N=O)c(O)[nH]c2c1.Cc1ccc2c(C3=Nc4ccccc4C3=O)c(O)[nH]c2c1.c1c2c(cc3c1[nH]c1cc4c(cc13)[nH]c1cc3c(cc14)OCO3)OCO2. The Morgan fingerprint density at radius 2 is 1.04 bits per heavy atom. The zero-order chi connectivity index (χ0) is 65.2. The molecule has 472 valence electrons. The lowest BCUT2D eigenvalue weighted by molar-refractivity contribution is 0.0601. The molecule has 19 heteroatoms. The summed E-state index contributed by atoms with van der Waals surface area (Å²) >= 11 is 0. The number of nitrogens with zero attached hydrogens (tertiary/aromatic N) is 2. The van der Waals surface area contributed by atoms with Gasteiger partial charge < -0.3 is 68.8 Å². The van der Waals surface area contributed by atoms with Crippen LogP contribution in [-0.2, 0) is 4.74 Å². The molecule has 20 rings (SSSR count). The number of aromatic nitrogens is 7. The average Bonchev–Trinajstić information content (AvgIpc) is 1.57. The number of aliphatic imine (C=N–C) groups is 1. The summed E-state index contributed by atoms with van der Waals surface area (Å²) in [6.07, 6.45) is 4.46. The van der Waals surface area contributed by atoms with E-state index < -0.39 is 0 Å². The number of H-pyrrole nitrogens is 7. The van der Waals surface area contributed by atoms with Crippen LogP contribution in [-0.4, -0.2) is 83.3 Å². The molecule has 9 N–H and O–H groups in total. The number of hydrogen-bond acceptors (Lipinski definition) is 12. The Morgan fingerprint density at radius 3 is 1.67 bits per heavy atom. The highest BCUT2D eigenvalue weighted by Crippen LogP contribution is 2.51. The van der Waals surface area contributed by atoms with E-state index in [1.54, 1.807) is 12.1 Å². The highest BCUT2D eigenvalue weighted by Gasteiger charge is 2.39. The number of para-hydroxylation sites is 3. The number of nitroso groups, excluding NO2 is 1. The number of fused-ring (bicyclic) bond motifs is 14. The molecule has 0 radical (unpaired) electrons. The molecule has 1 aliphatic carbocycles. The third kappa shape index (κ3) is 9.52. The van der Waals surface area contributed by atoms with Gasteiger partial charge >= 0.3 is 5.97 Å². The Kier molecular flexibility index (Phi) is 13.4. The maximum Gasteiger partial charge on any atom is 0.340 e. The Hall–Kier alpha value is -12.5. The minimum Gasteiger partial charge on any atom is -0.494 e. The summed E-state index contributed by atoms with van der Waals surface area (Å²) in [5.74, 6) is 3.44. The number of methoxy groups -OCH3 is 1. The number of aromatic hydroxyl groups is 2. The van der Waals surface area contributed by atoms with E-state index in [1.807, 2.05) is 124 Å². The normalized spacial score (nSPS) is 14.0. The van der Waals surface area contributed by atoms with E-state index in [1.165, 1.54) is 30.9 Å². The second kappa shape index (κ2) is 22.4. The van der Waals surface area contributed by atoms with Crippen molar-refractivity contribution in [3.05, 3.63) is 220 Å². The lowest BCUT2D eigenvalue weighted by Gasteiger charge is -2.16. The average molecular weight is 1270 g/mol. The fourth-order valence-corrected chi connectivity index (χ4v) is 14.1. The van der Waals surface area contributed by atoms with Crippen LogP contribution >= 0.6 is 0 Å². The molecule has 0 saturated heterocycles. The van der Waals surface area contributed by atoms with Crippen LogP contribution in [0.2, 0.25) is 0 Å². The lowest BCUT2D eigenvalue weighted by atomic mass is 9.88. The number of rotatable bonds is 7.